The molecular formula is C20H30N4O. The minimum absolute atomic E-state index is 0.271. The van der Waals surface area contributed by atoms with Gasteiger partial charge in [-0.1, -0.05) is 19.3 Å². The van der Waals surface area contributed by atoms with Gasteiger partial charge in [-0.15, -0.1) is 0 Å². The Kier molecular flexibility index (Phi) is 5.02. The predicted molar refractivity (Wildman–Crippen MR) is 97.2 cm³/mol. The largest absolute Gasteiger partial charge is 0.342 e. The first kappa shape index (κ1) is 17.0. The van der Waals surface area contributed by atoms with Crippen LogP contribution in [0.1, 0.15) is 67.9 Å². The van der Waals surface area contributed by atoms with Crippen LogP contribution in [0.5, 0.6) is 0 Å². The Morgan fingerprint density at radius 2 is 1.96 bits per heavy atom. The van der Waals surface area contributed by atoms with Crippen LogP contribution in [0.15, 0.2) is 6.20 Å². The third-order valence-electron chi connectivity index (χ3n) is 6.20. The summed E-state index contributed by atoms with van der Waals surface area (Å²) in [6.45, 7) is 3.75. The number of hydrogen-bond acceptors (Lipinski definition) is 4. The van der Waals surface area contributed by atoms with E-state index < -0.39 is 0 Å². The molecule has 1 aromatic rings. The zero-order valence-corrected chi connectivity index (χ0v) is 15.4. The average Bonchev–Trinajstić information content (AvgIpc) is 2.68. The van der Waals surface area contributed by atoms with E-state index in [1.54, 1.807) is 0 Å². The van der Waals surface area contributed by atoms with E-state index in [4.69, 9.17) is 4.98 Å². The fourth-order valence-corrected chi connectivity index (χ4v) is 4.67. The van der Waals surface area contributed by atoms with E-state index in [1.807, 2.05) is 6.20 Å². The van der Waals surface area contributed by atoms with Crippen LogP contribution in [-0.4, -0.2) is 52.4 Å². The van der Waals surface area contributed by atoms with Crippen LogP contribution in [0.3, 0.4) is 0 Å². The Morgan fingerprint density at radius 3 is 2.80 bits per heavy atom. The van der Waals surface area contributed by atoms with Crippen molar-refractivity contribution in [1.82, 2.24) is 19.8 Å². The maximum absolute atomic E-state index is 12.9. The van der Waals surface area contributed by atoms with Gasteiger partial charge >= 0.3 is 0 Å². The molecule has 1 aliphatic carbocycles. The van der Waals surface area contributed by atoms with Crippen molar-refractivity contribution in [2.75, 3.05) is 26.7 Å². The third kappa shape index (κ3) is 3.71. The van der Waals surface area contributed by atoms with Gasteiger partial charge in [-0.3, -0.25) is 4.79 Å². The van der Waals surface area contributed by atoms with Crippen molar-refractivity contribution in [3.63, 3.8) is 0 Å². The minimum Gasteiger partial charge on any atom is -0.342 e. The molecule has 4 rings (SSSR count). The van der Waals surface area contributed by atoms with E-state index in [9.17, 15) is 4.79 Å². The summed E-state index contributed by atoms with van der Waals surface area (Å²) in [7, 11) is 2.15. The third-order valence-corrected chi connectivity index (χ3v) is 6.20. The number of amides is 1. The molecule has 1 saturated carbocycles. The van der Waals surface area contributed by atoms with Crippen molar-refractivity contribution in [2.45, 2.75) is 63.8 Å². The van der Waals surface area contributed by atoms with E-state index >= 15 is 0 Å². The molecule has 3 aliphatic rings. The number of nitrogens with zero attached hydrogens (tertiary/aromatic N) is 4. The zero-order valence-electron chi connectivity index (χ0n) is 15.4. The second-order valence-corrected chi connectivity index (χ2v) is 8.15. The highest BCUT2D eigenvalue weighted by Gasteiger charge is 2.31. The molecule has 1 unspecified atom stereocenters. The van der Waals surface area contributed by atoms with E-state index in [0.717, 1.165) is 64.1 Å². The summed E-state index contributed by atoms with van der Waals surface area (Å²) in [4.78, 5) is 26.9. The van der Waals surface area contributed by atoms with Crippen LogP contribution >= 0.6 is 0 Å². The van der Waals surface area contributed by atoms with Gasteiger partial charge in [0.2, 0.25) is 5.91 Å². The Balaban J connectivity index is 1.45. The molecule has 0 radical (unpaired) electrons. The highest BCUT2D eigenvalue weighted by molar-refractivity contribution is 5.79. The predicted octanol–water partition coefficient (Wildman–Crippen LogP) is 2.75. The first-order valence-electron chi connectivity index (χ1n) is 10.0. The van der Waals surface area contributed by atoms with E-state index in [1.165, 1.54) is 30.5 Å². The summed E-state index contributed by atoms with van der Waals surface area (Å²) < 4.78 is 0. The lowest BCUT2D eigenvalue weighted by molar-refractivity contribution is -0.137. The van der Waals surface area contributed by atoms with Gasteiger partial charge in [-0.25, -0.2) is 9.97 Å². The first-order chi connectivity index (χ1) is 12.2. The minimum atomic E-state index is 0.271. The molecular weight excluding hydrogens is 312 g/mol. The van der Waals surface area contributed by atoms with E-state index in [2.05, 4.69) is 21.8 Å². The summed E-state index contributed by atoms with van der Waals surface area (Å²) in [5, 5.41) is 0. The molecule has 5 heteroatoms. The summed E-state index contributed by atoms with van der Waals surface area (Å²) in [5.41, 5.74) is 2.49. The average molecular weight is 342 g/mol. The quantitative estimate of drug-likeness (QED) is 0.829. The highest BCUT2D eigenvalue weighted by Crippen LogP contribution is 2.30. The first-order valence-corrected chi connectivity index (χ1v) is 10.0. The van der Waals surface area contributed by atoms with Gasteiger partial charge in [0, 0.05) is 61.9 Å². The molecule has 1 saturated heterocycles. The summed E-state index contributed by atoms with van der Waals surface area (Å²) in [5.74, 6) is 1.94. The molecule has 2 fully saturated rings. The van der Waals surface area contributed by atoms with E-state index in [0.29, 0.717) is 11.8 Å². The number of carbonyl (C=O) groups is 1. The number of likely N-dealkylation sites (tertiary alicyclic amines) is 1. The van der Waals surface area contributed by atoms with Crippen molar-refractivity contribution in [3.05, 3.63) is 23.3 Å². The number of aromatic nitrogens is 2. The lowest BCUT2D eigenvalue weighted by atomic mass is 9.87. The lowest BCUT2D eigenvalue weighted by Crippen LogP contribution is -2.43. The summed E-state index contributed by atoms with van der Waals surface area (Å²) in [6.07, 6.45) is 11.1. The van der Waals surface area contributed by atoms with Crippen LogP contribution in [-0.2, 0) is 17.8 Å². The van der Waals surface area contributed by atoms with Crippen molar-refractivity contribution in [3.8, 4) is 0 Å². The number of likely N-dealkylation sites (N-methyl/N-ethyl adjacent to an activating group) is 1. The number of carbonyl (C=O) groups excluding carboxylic acids is 1. The van der Waals surface area contributed by atoms with Crippen LogP contribution in [0.2, 0.25) is 0 Å². The van der Waals surface area contributed by atoms with Crippen LogP contribution in [0.25, 0.3) is 0 Å². The Bertz CT molecular complexity index is 626. The van der Waals surface area contributed by atoms with Crippen molar-refractivity contribution >= 4 is 5.91 Å². The zero-order chi connectivity index (χ0) is 17.2. The topological polar surface area (TPSA) is 49.3 Å². The second-order valence-electron chi connectivity index (χ2n) is 8.15. The van der Waals surface area contributed by atoms with Gasteiger partial charge < -0.3 is 9.80 Å². The second kappa shape index (κ2) is 7.40. The maximum atomic E-state index is 12.9. The Labute approximate surface area is 150 Å². The molecule has 0 N–H and O–H groups in total. The number of fused-ring (bicyclic) bond motifs is 1. The van der Waals surface area contributed by atoms with Gasteiger partial charge in [0.25, 0.3) is 0 Å². The van der Waals surface area contributed by atoms with E-state index in [-0.39, 0.29) is 5.92 Å². The Hall–Kier alpha value is -1.49. The summed E-state index contributed by atoms with van der Waals surface area (Å²) >= 11 is 0. The smallest absolute Gasteiger partial charge is 0.225 e. The Morgan fingerprint density at radius 1 is 1.12 bits per heavy atom. The monoisotopic (exact) mass is 342 g/mol. The summed E-state index contributed by atoms with van der Waals surface area (Å²) in [6, 6.07) is 0. The molecule has 0 bridgehead atoms. The maximum Gasteiger partial charge on any atom is 0.225 e. The molecule has 0 aromatic carbocycles. The molecule has 0 spiro atoms. The SMILES string of the molecule is CN1CCc2nc(C3CCCN(C(=O)C4CCCCC4)C3)ncc2C1. The fourth-order valence-electron chi connectivity index (χ4n) is 4.67. The molecule has 3 heterocycles. The molecule has 5 nitrogen and oxygen atoms in total. The van der Waals surface area contributed by atoms with Gasteiger partial charge in [-0.05, 0) is 32.7 Å². The number of hydrogen-bond donors (Lipinski definition) is 0. The van der Waals surface area contributed by atoms with Crippen LogP contribution in [0.4, 0.5) is 0 Å². The molecule has 25 heavy (non-hydrogen) atoms. The van der Waals surface area contributed by atoms with Crippen molar-refractivity contribution < 1.29 is 4.79 Å². The molecule has 1 amide bonds. The van der Waals surface area contributed by atoms with Crippen molar-refractivity contribution in [2.24, 2.45) is 5.92 Å². The van der Waals surface area contributed by atoms with Crippen LogP contribution in [0, 0.1) is 5.92 Å². The fraction of sp³-hybridized carbons (Fsp3) is 0.750. The normalized spacial score (nSPS) is 25.6. The van der Waals surface area contributed by atoms with Gasteiger partial charge in [0.15, 0.2) is 0 Å². The standard InChI is InChI=1S/C20H30N4O/c1-23-11-9-18-17(13-23)12-21-19(22-18)16-8-5-10-24(14-16)20(25)15-6-3-2-4-7-15/h12,15-16H,2-11,13-14H2,1H3. The lowest BCUT2D eigenvalue weighted by Gasteiger charge is -2.35. The number of rotatable bonds is 2. The van der Waals surface area contributed by atoms with Gasteiger partial charge in [0.1, 0.15) is 5.82 Å². The number of piperidine rings is 1. The van der Waals surface area contributed by atoms with Crippen LogP contribution < -0.4 is 0 Å². The molecule has 1 atom stereocenters. The van der Waals surface area contributed by atoms with Crippen molar-refractivity contribution in [1.29, 1.82) is 0 Å². The molecule has 1 aromatic heterocycles. The van der Waals surface area contributed by atoms with Gasteiger partial charge in [0.05, 0.1) is 0 Å². The molecule has 2 aliphatic heterocycles. The molecule has 136 valence electrons. The highest BCUT2D eigenvalue weighted by atomic mass is 16.2. The van der Waals surface area contributed by atoms with Gasteiger partial charge in [-0.2, -0.15) is 0 Å².